The summed E-state index contributed by atoms with van der Waals surface area (Å²) in [5.41, 5.74) is 1.20. The van der Waals surface area contributed by atoms with Gasteiger partial charge in [0.25, 0.3) is 0 Å². The quantitative estimate of drug-likeness (QED) is 0.866. The van der Waals surface area contributed by atoms with Crippen molar-refractivity contribution in [3.8, 4) is 0 Å². The molecule has 0 aliphatic rings. The molecule has 0 saturated carbocycles. The fraction of sp³-hybridized carbons (Fsp3) is 0.500. The van der Waals surface area contributed by atoms with Gasteiger partial charge in [0.1, 0.15) is 0 Å². The average Bonchev–Trinajstić information content (AvgIpc) is 2.86. The molecule has 86 valence electrons. The van der Waals surface area contributed by atoms with E-state index in [0.29, 0.717) is 12.2 Å². The molecular weight excluding hydrogens is 224 g/mol. The Labute approximate surface area is 97.7 Å². The van der Waals surface area contributed by atoms with Crippen LogP contribution in [-0.2, 0) is 19.9 Å². The molecule has 0 saturated heterocycles. The van der Waals surface area contributed by atoms with Crippen molar-refractivity contribution in [3.05, 3.63) is 27.7 Å². The maximum absolute atomic E-state index is 10.1. The molecule has 0 fully saturated rings. The van der Waals surface area contributed by atoms with Gasteiger partial charge >= 0.3 is 0 Å². The van der Waals surface area contributed by atoms with Gasteiger partial charge in [-0.1, -0.05) is 6.92 Å². The summed E-state index contributed by atoms with van der Waals surface area (Å²) < 4.78 is 0. The number of aliphatic hydroxyl groups excluding tert-OH is 1. The van der Waals surface area contributed by atoms with Crippen molar-refractivity contribution < 1.29 is 5.11 Å². The molecule has 5 nitrogen and oxygen atoms in total. The van der Waals surface area contributed by atoms with Gasteiger partial charge in [0, 0.05) is 11.3 Å². The first-order chi connectivity index (χ1) is 7.70. The van der Waals surface area contributed by atoms with E-state index < -0.39 is 6.10 Å². The summed E-state index contributed by atoms with van der Waals surface area (Å²) in [5, 5.41) is 23.7. The standard InChI is InChI=1S/C10H14N4OS/c1-3-7-4-5-16-10(7)8(15)6-9-11-13-14(2)12-9/h4-5,8,15H,3,6H2,1-2H3. The second-order valence-electron chi connectivity index (χ2n) is 3.58. The lowest BCUT2D eigenvalue weighted by Gasteiger charge is -2.07. The zero-order chi connectivity index (χ0) is 11.5. The van der Waals surface area contributed by atoms with E-state index in [1.54, 1.807) is 18.4 Å². The highest BCUT2D eigenvalue weighted by Gasteiger charge is 2.16. The third kappa shape index (κ3) is 2.28. The van der Waals surface area contributed by atoms with E-state index in [1.165, 1.54) is 10.4 Å². The van der Waals surface area contributed by atoms with Crippen molar-refractivity contribution in [2.45, 2.75) is 25.9 Å². The fourth-order valence-corrected chi connectivity index (χ4v) is 2.59. The van der Waals surface area contributed by atoms with Crippen molar-refractivity contribution >= 4 is 11.3 Å². The molecule has 0 amide bonds. The predicted molar refractivity (Wildman–Crippen MR) is 61.2 cm³/mol. The molecule has 2 heterocycles. The Morgan fingerprint density at radius 2 is 2.38 bits per heavy atom. The number of tetrazole rings is 1. The molecule has 2 aromatic heterocycles. The van der Waals surface area contributed by atoms with Gasteiger partial charge in [-0.25, -0.2) is 0 Å². The van der Waals surface area contributed by atoms with Crippen LogP contribution in [-0.4, -0.2) is 25.3 Å². The van der Waals surface area contributed by atoms with Crippen molar-refractivity contribution in [2.75, 3.05) is 0 Å². The maximum atomic E-state index is 10.1. The lowest BCUT2D eigenvalue weighted by atomic mass is 10.1. The highest BCUT2D eigenvalue weighted by Crippen LogP contribution is 2.26. The monoisotopic (exact) mass is 238 g/mol. The van der Waals surface area contributed by atoms with E-state index in [9.17, 15) is 5.11 Å². The Hall–Kier alpha value is -1.27. The average molecular weight is 238 g/mol. The van der Waals surface area contributed by atoms with E-state index in [-0.39, 0.29) is 0 Å². The highest BCUT2D eigenvalue weighted by molar-refractivity contribution is 7.10. The number of aromatic nitrogens is 4. The lowest BCUT2D eigenvalue weighted by Crippen LogP contribution is -2.04. The Balaban J connectivity index is 2.11. The number of thiophene rings is 1. The van der Waals surface area contributed by atoms with E-state index in [4.69, 9.17) is 0 Å². The third-order valence-electron chi connectivity index (χ3n) is 2.39. The number of hydrogen-bond acceptors (Lipinski definition) is 5. The van der Waals surface area contributed by atoms with Crippen LogP contribution in [0.15, 0.2) is 11.4 Å². The number of aliphatic hydroxyl groups is 1. The van der Waals surface area contributed by atoms with Crippen molar-refractivity contribution in [1.29, 1.82) is 0 Å². The van der Waals surface area contributed by atoms with Gasteiger partial charge < -0.3 is 5.11 Å². The zero-order valence-electron chi connectivity index (χ0n) is 9.29. The molecule has 0 spiro atoms. The van der Waals surface area contributed by atoms with Crippen molar-refractivity contribution in [2.24, 2.45) is 7.05 Å². The summed E-state index contributed by atoms with van der Waals surface area (Å²) >= 11 is 1.58. The minimum absolute atomic E-state index is 0.418. The Morgan fingerprint density at radius 3 is 3.00 bits per heavy atom. The van der Waals surface area contributed by atoms with Crippen LogP contribution in [0.4, 0.5) is 0 Å². The van der Waals surface area contributed by atoms with Gasteiger partial charge in [0.15, 0.2) is 5.82 Å². The molecule has 6 heteroatoms. The minimum Gasteiger partial charge on any atom is -0.387 e. The number of hydrogen-bond donors (Lipinski definition) is 1. The maximum Gasteiger partial charge on any atom is 0.177 e. The van der Waals surface area contributed by atoms with Crippen LogP contribution >= 0.6 is 11.3 Å². The second kappa shape index (κ2) is 4.71. The molecule has 0 aromatic carbocycles. The lowest BCUT2D eigenvalue weighted by molar-refractivity contribution is 0.178. The summed E-state index contributed by atoms with van der Waals surface area (Å²) in [6.45, 7) is 2.08. The van der Waals surface area contributed by atoms with Crippen LogP contribution in [0, 0.1) is 0 Å². The molecule has 0 aliphatic carbocycles. The molecule has 1 atom stereocenters. The second-order valence-corrected chi connectivity index (χ2v) is 4.53. The molecule has 0 radical (unpaired) electrons. The van der Waals surface area contributed by atoms with Crippen molar-refractivity contribution in [3.63, 3.8) is 0 Å². The number of rotatable bonds is 4. The largest absolute Gasteiger partial charge is 0.387 e. The SMILES string of the molecule is CCc1ccsc1C(O)Cc1nnn(C)n1. The first kappa shape index (κ1) is 11.2. The van der Waals surface area contributed by atoms with Gasteiger partial charge in [-0.3, -0.25) is 0 Å². The first-order valence-corrected chi connectivity index (χ1v) is 6.06. The van der Waals surface area contributed by atoms with Crippen LogP contribution in [0.5, 0.6) is 0 Å². The number of aryl methyl sites for hydroxylation is 2. The minimum atomic E-state index is -0.529. The smallest absolute Gasteiger partial charge is 0.177 e. The highest BCUT2D eigenvalue weighted by atomic mass is 32.1. The van der Waals surface area contributed by atoms with Gasteiger partial charge in [-0.05, 0) is 28.6 Å². The van der Waals surface area contributed by atoms with Gasteiger partial charge in [-0.15, -0.1) is 21.5 Å². The molecule has 0 bridgehead atoms. The Kier molecular flexibility index (Phi) is 3.31. The topological polar surface area (TPSA) is 63.8 Å². The van der Waals surface area contributed by atoms with Crippen LogP contribution in [0.1, 0.15) is 29.3 Å². The van der Waals surface area contributed by atoms with Crippen molar-refractivity contribution in [1.82, 2.24) is 20.2 Å². The summed E-state index contributed by atoms with van der Waals surface area (Å²) in [6, 6.07) is 2.05. The first-order valence-electron chi connectivity index (χ1n) is 5.18. The van der Waals surface area contributed by atoms with Gasteiger partial charge in [0.05, 0.1) is 13.2 Å². The van der Waals surface area contributed by atoms with Crippen LogP contribution < -0.4 is 0 Å². The summed E-state index contributed by atoms with van der Waals surface area (Å²) in [4.78, 5) is 2.41. The van der Waals surface area contributed by atoms with E-state index in [1.807, 2.05) is 11.4 Å². The molecule has 16 heavy (non-hydrogen) atoms. The van der Waals surface area contributed by atoms with Crippen LogP contribution in [0.3, 0.4) is 0 Å². The molecule has 2 aromatic rings. The zero-order valence-corrected chi connectivity index (χ0v) is 10.1. The molecule has 1 unspecified atom stereocenters. The summed E-state index contributed by atoms with van der Waals surface area (Å²) in [6.07, 6.45) is 0.824. The Bertz CT molecular complexity index is 465. The van der Waals surface area contributed by atoms with Gasteiger partial charge in [0.2, 0.25) is 0 Å². The predicted octanol–water partition coefficient (Wildman–Crippen LogP) is 1.11. The number of nitrogens with zero attached hydrogens (tertiary/aromatic N) is 4. The van der Waals surface area contributed by atoms with E-state index >= 15 is 0 Å². The molecule has 2 rings (SSSR count). The van der Waals surface area contributed by atoms with E-state index in [2.05, 4.69) is 22.3 Å². The van der Waals surface area contributed by atoms with Crippen LogP contribution in [0.25, 0.3) is 0 Å². The van der Waals surface area contributed by atoms with Crippen LogP contribution in [0.2, 0.25) is 0 Å². The third-order valence-corrected chi connectivity index (χ3v) is 3.45. The molecule has 1 N–H and O–H groups in total. The summed E-state index contributed by atoms with van der Waals surface area (Å²) in [7, 11) is 1.71. The van der Waals surface area contributed by atoms with E-state index in [0.717, 1.165) is 11.3 Å². The molecule has 0 aliphatic heterocycles. The normalized spacial score (nSPS) is 12.9. The summed E-state index contributed by atoms with van der Waals surface area (Å²) in [5.74, 6) is 0.574. The Morgan fingerprint density at radius 1 is 1.56 bits per heavy atom. The fourth-order valence-electron chi connectivity index (χ4n) is 1.60. The van der Waals surface area contributed by atoms with Gasteiger partial charge in [-0.2, -0.15) is 4.80 Å². The molecular formula is C10H14N4OS.